The first-order chi connectivity index (χ1) is 9.79. The number of nitrogens with one attached hydrogen (secondary N) is 2. The molecule has 7 heteroatoms. The smallest absolute Gasteiger partial charge is 0.191 e. The number of furan rings is 2. The summed E-state index contributed by atoms with van der Waals surface area (Å²) < 4.78 is 10.4. The first-order valence-electron chi connectivity index (χ1n) is 6.55. The summed E-state index contributed by atoms with van der Waals surface area (Å²) in [4.78, 5) is 4.37. The van der Waals surface area contributed by atoms with Crippen LogP contribution >= 0.6 is 24.0 Å². The van der Waals surface area contributed by atoms with E-state index in [-0.39, 0.29) is 24.0 Å². The third-order valence-electron chi connectivity index (χ3n) is 2.65. The molecular formula is C14H20IN3O3. The summed E-state index contributed by atoms with van der Waals surface area (Å²) in [6.45, 7) is 3.48. The first-order valence-corrected chi connectivity index (χ1v) is 6.55. The molecule has 0 bridgehead atoms. The van der Waals surface area contributed by atoms with Crippen molar-refractivity contribution in [2.24, 2.45) is 4.99 Å². The summed E-state index contributed by atoms with van der Waals surface area (Å²) >= 11 is 0. The van der Waals surface area contributed by atoms with E-state index < -0.39 is 6.10 Å². The molecule has 1 atom stereocenters. The molecule has 116 valence electrons. The molecule has 0 saturated heterocycles. The van der Waals surface area contributed by atoms with Crippen LogP contribution in [0.5, 0.6) is 0 Å². The van der Waals surface area contributed by atoms with E-state index in [0.717, 1.165) is 12.3 Å². The Hall–Kier alpha value is -1.48. The third-order valence-corrected chi connectivity index (χ3v) is 2.65. The Kier molecular flexibility index (Phi) is 7.91. The fourth-order valence-corrected chi connectivity index (χ4v) is 1.68. The molecule has 2 aromatic rings. The highest BCUT2D eigenvalue weighted by atomic mass is 127. The fraction of sp³-hybridized carbons (Fsp3) is 0.357. The van der Waals surface area contributed by atoms with Crippen molar-refractivity contribution in [2.75, 3.05) is 13.1 Å². The monoisotopic (exact) mass is 405 g/mol. The fourth-order valence-electron chi connectivity index (χ4n) is 1.68. The van der Waals surface area contributed by atoms with Gasteiger partial charge in [0, 0.05) is 6.54 Å². The zero-order valence-electron chi connectivity index (χ0n) is 11.8. The maximum Gasteiger partial charge on any atom is 0.191 e. The molecule has 0 radical (unpaired) electrons. The van der Waals surface area contributed by atoms with Crippen LogP contribution in [0.25, 0.3) is 0 Å². The Morgan fingerprint density at radius 1 is 1.24 bits per heavy atom. The van der Waals surface area contributed by atoms with Crippen molar-refractivity contribution < 1.29 is 13.9 Å². The van der Waals surface area contributed by atoms with Gasteiger partial charge in [-0.2, -0.15) is 0 Å². The highest BCUT2D eigenvalue weighted by Gasteiger charge is 2.10. The van der Waals surface area contributed by atoms with E-state index in [1.54, 1.807) is 18.4 Å². The number of nitrogens with zero attached hydrogens (tertiary/aromatic N) is 1. The minimum absolute atomic E-state index is 0. The van der Waals surface area contributed by atoms with Gasteiger partial charge in [-0.1, -0.05) is 0 Å². The van der Waals surface area contributed by atoms with Crippen LogP contribution in [-0.4, -0.2) is 24.2 Å². The van der Waals surface area contributed by atoms with E-state index in [0.29, 0.717) is 24.8 Å². The Balaban J connectivity index is 0.00000220. The number of hydrogen-bond acceptors (Lipinski definition) is 4. The van der Waals surface area contributed by atoms with Crippen molar-refractivity contribution in [1.29, 1.82) is 0 Å². The van der Waals surface area contributed by atoms with E-state index in [1.807, 2.05) is 19.1 Å². The van der Waals surface area contributed by atoms with Gasteiger partial charge in [0.2, 0.25) is 0 Å². The maximum absolute atomic E-state index is 9.92. The van der Waals surface area contributed by atoms with Crippen LogP contribution in [0.15, 0.2) is 50.6 Å². The predicted molar refractivity (Wildman–Crippen MR) is 90.6 cm³/mol. The highest BCUT2D eigenvalue weighted by Crippen LogP contribution is 2.11. The zero-order chi connectivity index (χ0) is 14.2. The molecular weight excluding hydrogens is 385 g/mol. The molecule has 0 fully saturated rings. The Bertz CT molecular complexity index is 512. The van der Waals surface area contributed by atoms with Crippen molar-refractivity contribution >= 4 is 29.9 Å². The molecule has 3 N–H and O–H groups in total. The van der Waals surface area contributed by atoms with Gasteiger partial charge in [-0.25, -0.2) is 4.99 Å². The predicted octanol–water partition coefficient (Wildman–Crippen LogP) is 2.28. The Morgan fingerprint density at radius 2 is 2.00 bits per heavy atom. The molecule has 0 saturated carbocycles. The van der Waals surface area contributed by atoms with Gasteiger partial charge in [-0.15, -0.1) is 24.0 Å². The summed E-state index contributed by atoms with van der Waals surface area (Å²) in [5.74, 6) is 1.93. The van der Waals surface area contributed by atoms with Gasteiger partial charge in [0.05, 0.1) is 19.1 Å². The van der Waals surface area contributed by atoms with E-state index in [2.05, 4.69) is 15.6 Å². The molecule has 1 unspecified atom stereocenters. The minimum Gasteiger partial charge on any atom is -0.467 e. The van der Waals surface area contributed by atoms with E-state index in [4.69, 9.17) is 8.83 Å². The average molecular weight is 405 g/mol. The minimum atomic E-state index is -0.711. The number of aliphatic hydroxyl groups is 1. The van der Waals surface area contributed by atoms with Crippen LogP contribution in [0, 0.1) is 0 Å². The van der Waals surface area contributed by atoms with Gasteiger partial charge in [-0.3, -0.25) is 0 Å². The molecule has 0 aliphatic carbocycles. The number of halogens is 1. The quantitative estimate of drug-likeness (QED) is 0.390. The summed E-state index contributed by atoms with van der Waals surface area (Å²) in [5, 5.41) is 16.1. The average Bonchev–Trinajstić information content (AvgIpc) is 3.13. The first kappa shape index (κ1) is 17.6. The molecule has 0 aliphatic heterocycles. The molecule has 2 rings (SSSR count). The van der Waals surface area contributed by atoms with E-state index in [1.165, 1.54) is 6.26 Å². The van der Waals surface area contributed by atoms with Gasteiger partial charge in [-0.05, 0) is 31.2 Å². The number of aliphatic imine (C=N–C) groups is 1. The van der Waals surface area contributed by atoms with Crippen LogP contribution in [0.2, 0.25) is 0 Å². The normalized spacial score (nSPS) is 12.6. The van der Waals surface area contributed by atoms with Gasteiger partial charge in [0.1, 0.15) is 24.2 Å². The van der Waals surface area contributed by atoms with Crippen LogP contribution in [-0.2, 0) is 6.54 Å². The molecule has 0 amide bonds. The molecule has 2 aromatic heterocycles. The van der Waals surface area contributed by atoms with Crippen LogP contribution in [0.3, 0.4) is 0 Å². The zero-order valence-corrected chi connectivity index (χ0v) is 14.1. The van der Waals surface area contributed by atoms with Crippen LogP contribution < -0.4 is 10.6 Å². The highest BCUT2D eigenvalue weighted by molar-refractivity contribution is 14.0. The van der Waals surface area contributed by atoms with Gasteiger partial charge in [0.25, 0.3) is 0 Å². The summed E-state index contributed by atoms with van der Waals surface area (Å²) in [6.07, 6.45) is 2.44. The van der Waals surface area contributed by atoms with Crippen molar-refractivity contribution in [3.05, 3.63) is 48.3 Å². The lowest BCUT2D eigenvalue weighted by atomic mass is 10.3. The lowest BCUT2D eigenvalue weighted by Crippen LogP contribution is -2.39. The molecule has 0 aromatic carbocycles. The second-order valence-electron chi connectivity index (χ2n) is 4.19. The van der Waals surface area contributed by atoms with Crippen molar-refractivity contribution in [2.45, 2.75) is 19.6 Å². The molecule has 21 heavy (non-hydrogen) atoms. The number of guanidine groups is 1. The third kappa shape index (κ3) is 5.80. The molecule has 0 spiro atoms. The van der Waals surface area contributed by atoms with Crippen molar-refractivity contribution in [1.82, 2.24) is 10.6 Å². The lowest BCUT2D eigenvalue weighted by molar-refractivity contribution is 0.153. The Morgan fingerprint density at radius 3 is 2.62 bits per heavy atom. The maximum atomic E-state index is 9.92. The van der Waals surface area contributed by atoms with Gasteiger partial charge in [0.15, 0.2) is 5.96 Å². The standard InChI is InChI=1S/C14H19N3O3.HI/c1-2-15-14(16-9-11-5-3-7-19-11)17-10-12(18)13-6-4-8-20-13;/h3-8,12,18H,2,9-10H2,1H3,(H2,15,16,17);1H. The molecule has 6 nitrogen and oxygen atoms in total. The lowest BCUT2D eigenvalue weighted by Gasteiger charge is -2.13. The summed E-state index contributed by atoms with van der Waals surface area (Å²) in [7, 11) is 0. The number of rotatable bonds is 6. The van der Waals surface area contributed by atoms with Crippen molar-refractivity contribution in [3.8, 4) is 0 Å². The van der Waals surface area contributed by atoms with Crippen LogP contribution in [0.1, 0.15) is 24.5 Å². The summed E-state index contributed by atoms with van der Waals surface area (Å²) in [5.41, 5.74) is 0. The Labute approximate surface area is 140 Å². The second-order valence-corrected chi connectivity index (χ2v) is 4.19. The SMILES string of the molecule is CCNC(=NCc1ccco1)NCC(O)c1ccco1.I. The largest absolute Gasteiger partial charge is 0.467 e. The van der Waals surface area contributed by atoms with E-state index >= 15 is 0 Å². The van der Waals surface area contributed by atoms with Gasteiger partial charge < -0.3 is 24.6 Å². The van der Waals surface area contributed by atoms with E-state index in [9.17, 15) is 5.11 Å². The number of aliphatic hydroxyl groups excluding tert-OH is 1. The number of hydrogen-bond donors (Lipinski definition) is 3. The topological polar surface area (TPSA) is 82.9 Å². The second kappa shape index (κ2) is 9.46. The van der Waals surface area contributed by atoms with Gasteiger partial charge >= 0.3 is 0 Å². The summed E-state index contributed by atoms with van der Waals surface area (Å²) in [6, 6.07) is 7.17. The molecule has 2 heterocycles. The molecule has 0 aliphatic rings. The van der Waals surface area contributed by atoms with Crippen molar-refractivity contribution in [3.63, 3.8) is 0 Å². The van der Waals surface area contributed by atoms with Crippen LogP contribution in [0.4, 0.5) is 0 Å².